The van der Waals surface area contributed by atoms with Crippen LogP contribution in [0.25, 0.3) is 43.1 Å². The molecule has 0 amide bonds. The number of halogens is 2. The van der Waals surface area contributed by atoms with Crippen LogP contribution in [0.5, 0.6) is 0 Å². The minimum absolute atomic E-state index is 0. The van der Waals surface area contributed by atoms with Gasteiger partial charge >= 0.3 is 52.4 Å². The minimum atomic E-state index is 0. The predicted molar refractivity (Wildman–Crippen MR) is 287 cm³/mol. The summed E-state index contributed by atoms with van der Waals surface area (Å²) in [6, 6.07) is 53.5. The van der Waals surface area contributed by atoms with Crippen molar-refractivity contribution in [2.24, 2.45) is 23.7 Å². The zero-order valence-electron chi connectivity index (χ0n) is 40.5. The monoisotopic (exact) mass is 1120 g/mol. The molecule has 0 unspecified atom stereocenters. The smallest absolute Gasteiger partial charge is 1.00 e. The Kier molecular flexibility index (Phi) is 29.5. The van der Waals surface area contributed by atoms with Crippen LogP contribution in [-0.2, 0) is 52.4 Å². The van der Waals surface area contributed by atoms with Gasteiger partial charge in [0.25, 0.3) is 0 Å². The third-order valence-electron chi connectivity index (χ3n) is 10.5. The Hall–Kier alpha value is -0.614. The van der Waals surface area contributed by atoms with E-state index in [9.17, 15) is 0 Å². The Morgan fingerprint density at radius 2 is 0.547 bits per heavy atom. The van der Waals surface area contributed by atoms with Crippen LogP contribution in [0.4, 0.5) is 0 Å². The molecule has 0 aromatic heterocycles. The van der Waals surface area contributed by atoms with Crippen molar-refractivity contribution in [1.82, 2.24) is 0 Å². The molecule has 0 fully saturated rings. The van der Waals surface area contributed by atoms with E-state index in [2.05, 4.69) is 228 Å². The molecule has 8 rings (SSSR count). The Balaban J connectivity index is 0.000000424. The number of rotatable bonds is 12. The fourth-order valence-corrected chi connectivity index (χ4v) is 15.3. The number of hydrogen-bond acceptors (Lipinski definition) is 0. The van der Waals surface area contributed by atoms with E-state index in [0.717, 1.165) is 23.7 Å². The molecule has 0 atom stereocenters. The van der Waals surface area contributed by atoms with Gasteiger partial charge in [0.1, 0.15) is 0 Å². The molecule has 8 aromatic rings. The fraction of sp³-hybridized carbons (Fsp3) is 0.357. The van der Waals surface area contributed by atoms with Crippen LogP contribution in [0.1, 0.15) is 55.4 Å². The molecule has 0 bridgehead atoms. The molecule has 8 aromatic carbocycles. The van der Waals surface area contributed by atoms with Crippen LogP contribution in [0.15, 0.2) is 146 Å². The van der Waals surface area contributed by atoms with E-state index in [-0.39, 0.29) is 109 Å². The zero-order valence-corrected chi connectivity index (χ0v) is 50.5. The maximum absolute atomic E-state index is 2.42. The van der Waals surface area contributed by atoms with Gasteiger partial charge in [-0.1, -0.05) is 95.5 Å². The Morgan fingerprint density at radius 3 is 0.750 bits per heavy atom. The Bertz CT molecular complexity index is 2140. The van der Waals surface area contributed by atoms with E-state index in [0.29, 0.717) is 0 Å². The first kappa shape index (κ1) is 61.4. The van der Waals surface area contributed by atoms with Crippen molar-refractivity contribution in [3.05, 3.63) is 146 Å². The Labute approximate surface area is 444 Å². The summed E-state index contributed by atoms with van der Waals surface area (Å²) in [5.41, 5.74) is 0. The van der Waals surface area contributed by atoms with E-state index in [1.165, 1.54) is 78.3 Å². The number of fused-ring (bicyclic) bond motifs is 4. The van der Waals surface area contributed by atoms with Gasteiger partial charge in [-0.15, -0.1) is 177 Å². The van der Waals surface area contributed by atoms with Gasteiger partial charge in [0.15, 0.2) is 0 Å². The molecule has 0 radical (unpaired) electrons. The zero-order chi connectivity index (χ0) is 43.3. The van der Waals surface area contributed by atoms with Crippen molar-refractivity contribution in [1.29, 1.82) is 0 Å². The molecule has 0 heterocycles. The fourth-order valence-electron chi connectivity index (χ4n) is 7.75. The molecule has 0 nitrogen and oxygen atoms in total. The molecular formula is C56H72Cl2P4Zr2-2. The van der Waals surface area contributed by atoms with Crippen LogP contribution in [0, 0.1) is 23.7 Å². The summed E-state index contributed by atoms with van der Waals surface area (Å²) in [5, 5.41) is 17.4. The van der Waals surface area contributed by atoms with Crippen LogP contribution in [0.3, 0.4) is 0 Å². The van der Waals surface area contributed by atoms with Gasteiger partial charge in [0.05, 0.1) is 0 Å². The van der Waals surface area contributed by atoms with Crippen LogP contribution < -0.4 is 46.0 Å². The summed E-state index contributed by atoms with van der Waals surface area (Å²) in [6.07, 6.45) is 5.46. The topological polar surface area (TPSA) is 0 Å². The molecule has 0 aliphatic carbocycles. The second-order valence-electron chi connectivity index (χ2n) is 18.5. The third kappa shape index (κ3) is 19.4. The van der Waals surface area contributed by atoms with E-state index < -0.39 is 0 Å². The normalized spacial score (nSPS) is 11.1. The molecule has 0 aliphatic rings. The van der Waals surface area contributed by atoms with Crippen molar-refractivity contribution in [2.75, 3.05) is 51.3 Å². The predicted octanol–water partition coefficient (Wildman–Crippen LogP) is 9.81. The molecule has 340 valence electrons. The van der Waals surface area contributed by atoms with E-state index >= 15 is 0 Å². The maximum Gasteiger partial charge on any atom is 2.00 e. The van der Waals surface area contributed by atoms with Crippen molar-refractivity contribution >= 4 is 96.0 Å². The van der Waals surface area contributed by atoms with Gasteiger partial charge in [0, 0.05) is 0 Å². The van der Waals surface area contributed by atoms with Crippen LogP contribution in [-0.4, -0.2) is 51.3 Å². The molecule has 8 heteroatoms. The van der Waals surface area contributed by atoms with Crippen LogP contribution in [0.2, 0.25) is 0 Å². The van der Waals surface area contributed by atoms with Crippen molar-refractivity contribution < 1.29 is 77.2 Å². The van der Waals surface area contributed by atoms with Gasteiger partial charge in [-0.25, -0.2) is 0 Å². The largest absolute Gasteiger partial charge is 2.00 e. The van der Waals surface area contributed by atoms with Gasteiger partial charge in [0.2, 0.25) is 0 Å². The molecule has 64 heavy (non-hydrogen) atoms. The number of benzene rings is 4. The summed E-state index contributed by atoms with van der Waals surface area (Å²) >= 11 is 0. The van der Waals surface area contributed by atoms with Crippen LogP contribution >= 0.6 is 31.7 Å². The van der Waals surface area contributed by atoms with Gasteiger partial charge < -0.3 is 24.8 Å². The second kappa shape index (κ2) is 30.8. The first-order chi connectivity index (χ1) is 28.7. The van der Waals surface area contributed by atoms with E-state index in [1.54, 1.807) is 10.6 Å². The average molecular weight is 1120 g/mol. The molecular weight excluding hydrogens is 1050 g/mol. The molecule has 0 saturated heterocycles. The SMILES string of the molecule is CC(C)CP(CC(C)C)c1cc2ccccc2[cH-]1.CC(C)CP(CC(C)C)c1cc2ccccc2[cH-]1.CP(C)c1cc2ccccc2[cH-]1.CP(C)c1cc2ccccc2[cH-]1.[Cl-].[Cl-].[Zr+2].[Zr+2]. The average Bonchev–Trinajstić information content (AvgIpc) is 4.01. The summed E-state index contributed by atoms with van der Waals surface area (Å²) < 4.78 is 0. The standard InChI is InChI=1S/2C17H24P.2C11H12P.2ClH.2Zr/c2*1-13(2)11-18(12-14(3)4)17-9-15-7-5-6-8-16(15)10-17;2*1-12(2)11-7-9-5-3-4-6-10(9)8-11;;;;/h2*5-10,13-14H,11-12H2,1-4H3;2*3-8H,1-2H3;2*1H;;/q4*-1;;;2*+2/p-2. The summed E-state index contributed by atoms with van der Waals surface area (Å²) in [5.74, 6) is 3.20. The molecule has 0 saturated carbocycles. The van der Waals surface area contributed by atoms with Crippen molar-refractivity contribution in [2.45, 2.75) is 55.4 Å². The van der Waals surface area contributed by atoms with E-state index in [1.807, 2.05) is 0 Å². The first-order valence-electron chi connectivity index (χ1n) is 22.1. The molecule has 0 aliphatic heterocycles. The minimum Gasteiger partial charge on any atom is -1.00 e. The molecule has 0 spiro atoms. The Morgan fingerprint density at radius 1 is 0.344 bits per heavy atom. The summed E-state index contributed by atoms with van der Waals surface area (Å²) in [4.78, 5) is 0. The van der Waals surface area contributed by atoms with Crippen molar-refractivity contribution in [3.8, 4) is 0 Å². The molecule has 0 N–H and O–H groups in total. The van der Waals surface area contributed by atoms with Gasteiger partial charge in [-0.2, -0.15) is 24.3 Å². The van der Waals surface area contributed by atoms with Gasteiger partial charge in [-0.3, -0.25) is 0 Å². The first-order valence-corrected chi connectivity index (χ1v) is 30.0. The van der Waals surface area contributed by atoms with E-state index in [4.69, 9.17) is 0 Å². The maximum atomic E-state index is 2.42. The third-order valence-corrected chi connectivity index (χ3v) is 19.8. The summed E-state index contributed by atoms with van der Waals surface area (Å²) in [7, 11) is 0.152. The van der Waals surface area contributed by atoms with Crippen molar-refractivity contribution in [3.63, 3.8) is 0 Å². The summed E-state index contributed by atoms with van der Waals surface area (Å²) in [6.45, 7) is 27.9. The number of hydrogen-bond donors (Lipinski definition) is 0. The van der Waals surface area contributed by atoms with Gasteiger partial charge in [-0.05, 0) is 75.0 Å². The second-order valence-corrected chi connectivity index (χ2v) is 27.8. The quantitative estimate of drug-likeness (QED) is 0.0846.